The van der Waals surface area contributed by atoms with E-state index in [0.717, 1.165) is 17.7 Å². The van der Waals surface area contributed by atoms with Gasteiger partial charge in [0.15, 0.2) is 0 Å². The zero-order valence-electron chi connectivity index (χ0n) is 9.54. The first-order valence-corrected chi connectivity index (χ1v) is 5.19. The lowest BCUT2D eigenvalue weighted by atomic mass is 10.1. The predicted octanol–water partition coefficient (Wildman–Crippen LogP) is 1.32. The van der Waals surface area contributed by atoms with Crippen LogP contribution in [0.5, 0.6) is 0 Å². The Balaban J connectivity index is 2.45. The number of hydrogen-bond acceptors (Lipinski definition) is 2. The number of amides is 2. The van der Waals surface area contributed by atoms with Gasteiger partial charge in [-0.25, -0.2) is 0 Å². The van der Waals surface area contributed by atoms with Crippen LogP contribution in [-0.4, -0.2) is 18.4 Å². The number of anilines is 1. The van der Waals surface area contributed by atoms with Crippen LogP contribution in [0.2, 0.25) is 0 Å². The zero-order valence-corrected chi connectivity index (χ0v) is 9.54. The first kappa shape index (κ1) is 12.2. The second-order valence-electron chi connectivity index (χ2n) is 3.61. The van der Waals surface area contributed by atoms with E-state index in [9.17, 15) is 9.59 Å². The maximum Gasteiger partial charge on any atom is 0.221 e. The molecule has 1 rings (SSSR count). The van der Waals surface area contributed by atoms with Crippen LogP contribution in [-0.2, 0) is 16.0 Å². The maximum atomic E-state index is 10.8. The fourth-order valence-electron chi connectivity index (χ4n) is 1.34. The van der Waals surface area contributed by atoms with Crippen molar-refractivity contribution in [1.82, 2.24) is 5.32 Å². The molecule has 0 aromatic heterocycles. The van der Waals surface area contributed by atoms with Gasteiger partial charge < -0.3 is 10.6 Å². The predicted molar refractivity (Wildman–Crippen MR) is 63.1 cm³/mol. The summed E-state index contributed by atoms with van der Waals surface area (Å²) in [6.45, 7) is 3.61. The first-order valence-electron chi connectivity index (χ1n) is 5.19. The molecule has 16 heavy (non-hydrogen) atoms. The maximum absolute atomic E-state index is 10.8. The molecular formula is C12H16N2O2. The SMILES string of the molecule is CC(=O)NCCc1ccc(NC(C)=O)cc1. The van der Waals surface area contributed by atoms with Crippen LogP contribution in [0.25, 0.3) is 0 Å². The van der Waals surface area contributed by atoms with E-state index >= 15 is 0 Å². The van der Waals surface area contributed by atoms with Crippen molar-refractivity contribution in [2.24, 2.45) is 0 Å². The average molecular weight is 220 g/mol. The van der Waals surface area contributed by atoms with Gasteiger partial charge in [-0.2, -0.15) is 0 Å². The lowest BCUT2D eigenvalue weighted by molar-refractivity contribution is -0.119. The summed E-state index contributed by atoms with van der Waals surface area (Å²) in [5.74, 6) is -0.0964. The third kappa shape index (κ3) is 4.59. The Morgan fingerprint density at radius 3 is 2.19 bits per heavy atom. The molecule has 1 aromatic rings. The fraction of sp³-hybridized carbons (Fsp3) is 0.333. The van der Waals surface area contributed by atoms with Gasteiger partial charge in [0.25, 0.3) is 0 Å². The lowest BCUT2D eigenvalue weighted by Gasteiger charge is -2.05. The molecule has 0 aliphatic rings. The van der Waals surface area contributed by atoms with Gasteiger partial charge in [-0.3, -0.25) is 9.59 Å². The largest absolute Gasteiger partial charge is 0.356 e. The molecule has 0 unspecified atom stereocenters. The Bertz CT molecular complexity index is 371. The van der Waals surface area contributed by atoms with E-state index in [0.29, 0.717) is 6.54 Å². The second-order valence-corrected chi connectivity index (χ2v) is 3.61. The topological polar surface area (TPSA) is 58.2 Å². The Morgan fingerprint density at radius 1 is 1.06 bits per heavy atom. The normalized spacial score (nSPS) is 9.62. The van der Waals surface area contributed by atoms with Gasteiger partial charge in [0, 0.05) is 26.1 Å². The molecule has 0 saturated heterocycles. The summed E-state index contributed by atoms with van der Waals surface area (Å²) < 4.78 is 0. The highest BCUT2D eigenvalue weighted by molar-refractivity contribution is 5.88. The number of nitrogens with one attached hydrogen (secondary N) is 2. The number of carbonyl (C=O) groups excluding carboxylic acids is 2. The molecule has 0 bridgehead atoms. The minimum absolute atomic E-state index is 0.0186. The highest BCUT2D eigenvalue weighted by atomic mass is 16.2. The molecular weight excluding hydrogens is 204 g/mol. The summed E-state index contributed by atoms with van der Waals surface area (Å²) >= 11 is 0. The van der Waals surface area contributed by atoms with Crippen LogP contribution in [0.1, 0.15) is 19.4 Å². The molecule has 0 heterocycles. The molecule has 1 aromatic carbocycles. The number of benzene rings is 1. The van der Waals surface area contributed by atoms with Crippen LogP contribution < -0.4 is 10.6 Å². The third-order valence-corrected chi connectivity index (χ3v) is 2.06. The van der Waals surface area contributed by atoms with E-state index in [1.807, 2.05) is 24.3 Å². The Kier molecular flexibility index (Phi) is 4.51. The summed E-state index contributed by atoms with van der Waals surface area (Å²) in [6, 6.07) is 7.58. The summed E-state index contributed by atoms with van der Waals surface area (Å²) in [5, 5.41) is 5.43. The fourth-order valence-corrected chi connectivity index (χ4v) is 1.34. The molecule has 2 amide bonds. The van der Waals surface area contributed by atoms with Crippen LogP contribution in [0, 0.1) is 0 Å². The van der Waals surface area contributed by atoms with E-state index in [2.05, 4.69) is 10.6 Å². The molecule has 2 N–H and O–H groups in total. The van der Waals surface area contributed by atoms with Crippen molar-refractivity contribution in [1.29, 1.82) is 0 Å². The zero-order chi connectivity index (χ0) is 12.0. The van der Waals surface area contributed by atoms with Crippen molar-refractivity contribution in [3.05, 3.63) is 29.8 Å². The highest BCUT2D eigenvalue weighted by Gasteiger charge is 1.97. The van der Waals surface area contributed by atoms with E-state index in [1.54, 1.807) is 0 Å². The van der Waals surface area contributed by atoms with Crippen molar-refractivity contribution < 1.29 is 9.59 Å². The standard InChI is InChI=1S/C12H16N2O2/c1-9(15)13-8-7-11-3-5-12(6-4-11)14-10(2)16/h3-6H,7-8H2,1-2H3,(H,13,15)(H,14,16). The summed E-state index contributed by atoms with van der Waals surface area (Å²) in [7, 11) is 0. The number of rotatable bonds is 4. The smallest absolute Gasteiger partial charge is 0.221 e. The van der Waals surface area contributed by atoms with Crippen LogP contribution in [0.3, 0.4) is 0 Å². The van der Waals surface area contributed by atoms with Crippen LogP contribution in [0.15, 0.2) is 24.3 Å². The van der Waals surface area contributed by atoms with E-state index < -0.39 is 0 Å². The Labute approximate surface area is 95.0 Å². The lowest BCUT2D eigenvalue weighted by Crippen LogP contribution is -2.22. The first-order chi connectivity index (χ1) is 7.58. The molecule has 0 atom stereocenters. The van der Waals surface area contributed by atoms with Crippen molar-refractivity contribution in [2.75, 3.05) is 11.9 Å². The van der Waals surface area contributed by atoms with Crippen molar-refractivity contribution >= 4 is 17.5 Å². The van der Waals surface area contributed by atoms with E-state index in [4.69, 9.17) is 0 Å². The van der Waals surface area contributed by atoms with Gasteiger partial charge in [-0.15, -0.1) is 0 Å². The number of carbonyl (C=O) groups is 2. The monoisotopic (exact) mass is 220 g/mol. The number of hydrogen-bond donors (Lipinski definition) is 2. The van der Waals surface area contributed by atoms with Crippen molar-refractivity contribution in [3.63, 3.8) is 0 Å². The Morgan fingerprint density at radius 2 is 1.69 bits per heavy atom. The molecule has 4 nitrogen and oxygen atoms in total. The molecule has 86 valence electrons. The van der Waals surface area contributed by atoms with Crippen LogP contribution >= 0.6 is 0 Å². The third-order valence-electron chi connectivity index (χ3n) is 2.06. The molecule has 0 aliphatic carbocycles. The summed E-state index contributed by atoms with van der Waals surface area (Å²) in [6.07, 6.45) is 0.792. The van der Waals surface area contributed by atoms with Gasteiger partial charge in [-0.05, 0) is 24.1 Å². The highest BCUT2D eigenvalue weighted by Crippen LogP contribution is 2.09. The molecule has 0 aliphatic heterocycles. The van der Waals surface area contributed by atoms with Gasteiger partial charge in [0.1, 0.15) is 0 Å². The van der Waals surface area contributed by atoms with Gasteiger partial charge in [-0.1, -0.05) is 12.1 Å². The summed E-state index contributed by atoms with van der Waals surface area (Å²) in [5.41, 5.74) is 1.92. The quantitative estimate of drug-likeness (QED) is 0.804. The average Bonchev–Trinajstić information content (AvgIpc) is 2.19. The Hall–Kier alpha value is -1.84. The molecule has 0 fully saturated rings. The minimum Gasteiger partial charge on any atom is -0.356 e. The van der Waals surface area contributed by atoms with Crippen molar-refractivity contribution in [3.8, 4) is 0 Å². The molecule has 0 spiro atoms. The minimum atomic E-state index is -0.0778. The molecule has 0 saturated carbocycles. The van der Waals surface area contributed by atoms with E-state index in [1.165, 1.54) is 13.8 Å². The second kappa shape index (κ2) is 5.90. The van der Waals surface area contributed by atoms with Crippen molar-refractivity contribution in [2.45, 2.75) is 20.3 Å². The summed E-state index contributed by atoms with van der Waals surface area (Å²) in [4.78, 5) is 21.4. The molecule has 0 radical (unpaired) electrons. The van der Waals surface area contributed by atoms with Gasteiger partial charge in [0.2, 0.25) is 11.8 Å². The molecule has 4 heteroatoms. The van der Waals surface area contributed by atoms with E-state index in [-0.39, 0.29) is 11.8 Å². The van der Waals surface area contributed by atoms with Crippen LogP contribution in [0.4, 0.5) is 5.69 Å². The van der Waals surface area contributed by atoms with Gasteiger partial charge >= 0.3 is 0 Å². The van der Waals surface area contributed by atoms with Gasteiger partial charge in [0.05, 0.1) is 0 Å².